The maximum atomic E-state index is 3.94. The van der Waals surface area contributed by atoms with Gasteiger partial charge in [-0.3, -0.25) is 0 Å². The van der Waals surface area contributed by atoms with E-state index in [0.29, 0.717) is 6.04 Å². The van der Waals surface area contributed by atoms with Gasteiger partial charge in [-0.05, 0) is 29.8 Å². The molecular weight excluding hydrogens is 210 g/mol. The third-order valence-corrected chi connectivity index (χ3v) is 3.34. The smallest absolute Gasteiger partial charge is 0.209 e. The fourth-order valence-electron chi connectivity index (χ4n) is 1.19. The zero-order valence-corrected chi connectivity index (χ0v) is 10.4. The van der Waals surface area contributed by atoms with E-state index < -0.39 is 0 Å². The second-order valence-corrected chi connectivity index (χ2v) is 4.44. The Labute approximate surface area is 95.0 Å². The van der Waals surface area contributed by atoms with Crippen LogP contribution in [0.4, 0.5) is 0 Å². The summed E-state index contributed by atoms with van der Waals surface area (Å²) in [6.45, 7) is 5.46. The highest BCUT2D eigenvalue weighted by atomic mass is 32.2. The molecule has 0 amide bonds. The summed E-state index contributed by atoms with van der Waals surface area (Å²) in [4.78, 5) is 0. The van der Waals surface area contributed by atoms with E-state index in [2.05, 4.69) is 34.7 Å². The third kappa shape index (κ3) is 4.17. The molecule has 1 atom stereocenters. The lowest BCUT2D eigenvalue weighted by Gasteiger charge is -2.15. The number of tetrazole rings is 1. The van der Waals surface area contributed by atoms with Gasteiger partial charge >= 0.3 is 0 Å². The van der Waals surface area contributed by atoms with Crippen molar-refractivity contribution in [2.75, 3.05) is 12.3 Å². The number of hydrogen-bond donors (Lipinski definition) is 1. The van der Waals surface area contributed by atoms with Gasteiger partial charge in [0.05, 0.1) is 0 Å². The van der Waals surface area contributed by atoms with E-state index >= 15 is 0 Å². The Bertz CT molecular complexity index is 275. The topological polar surface area (TPSA) is 55.6 Å². The molecule has 1 N–H and O–H groups in total. The monoisotopic (exact) mass is 229 g/mol. The molecule has 15 heavy (non-hydrogen) atoms. The van der Waals surface area contributed by atoms with E-state index in [4.69, 9.17) is 0 Å². The summed E-state index contributed by atoms with van der Waals surface area (Å²) in [7, 11) is 1.86. The second kappa shape index (κ2) is 6.79. The van der Waals surface area contributed by atoms with Crippen LogP contribution in [0, 0.1) is 0 Å². The van der Waals surface area contributed by atoms with Crippen molar-refractivity contribution in [3.05, 3.63) is 0 Å². The molecule has 86 valence electrons. The van der Waals surface area contributed by atoms with Crippen LogP contribution in [-0.4, -0.2) is 38.5 Å². The van der Waals surface area contributed by atoms with Gasteiger partial charge in [-0.2, -0.15) is 0 Å². The predicted octanol–water partition coefficient (Wildman–Crippen LogP) is 1.08. The summed E-state index contributed by atoms with van der Waals surface area (Å²) in [6, 6.07) is 0.548. The van der Waals surface area contributed by atoms with E-state index in [1.54, 1.807) is 16.4 Å². The molecule has 0 spiro atoms. The first-order chi connectivity index (χ1) is 7.27. The number of aryl methyl sites for hydroxylation is 1. The van der Waals surface area contributed by atoms with E-state index in [1.165, 1.54) is 6.42 Å². The van der Waals surface area contributed by atoms with Crippen molar-refractivity contribution in [3.8, 4) is 0 Å². The minimum absolute atomic E-state index is 0.548. The zero-order chi connectivity index (χ0) is 11.1. The van der Waals surface area contributed by atoms with Crippen molar-refractivity contribution in [2.24, 2.45) is 7.05 Å². The Kier molecular flexibility index (Phi) is 5.63. The standard InChI is InChI=1S/C9H19N5S/c1-4-6-10-8(5-2)7-15-9-11-12-13-14(9)3/h8,10H,4-7H2,1-3H3. The van der Waals surface area contributed by atoms with Crippen molar-refractivity contribution in [3.63, 3.8) is 0 Å². The molecule has 1 aromatic rings. The van der Waals surface area contributed by atoms with Crippen molar-refractivity contribution >= 4 is 11.8 Å². The molecule has 1 rings (SSSR count). The molecule has 6 heteroatoms. The quantitative estimate of drug-likeness (QED) is 0.709. The minimum Gasteiger partial charge on any atom is -0.313 e. The van der Waals surface area contributed by atoms with E-state index in [0.717, 1.165) is 23.9 Å². The number of thioether (sulfide) groups is 1. The van der Waals surface area contributed by atoms with Crippen molar-refractivity contribution in [2.45, 2.75) is 37.9 Å². The lowest BCUT2D eigenvalue weighted by Crippen LogP contribution is -2.31. The number of nitrogens with one attached hydrogen (secondary N) is 1. The van der Waals surface area contributed by atoms with Crippen LogP contribution in [0.2, 0.25) is 0 Å². The van der Waals surface area contributed by atoms with E-state index in [9.17, 15) is 0 Å². The van der Waals surface area contributed by atoms with Gasteiger partial charge in [-0.1, -0.05) is 25.6 Å². The van der Waals surface area contributed by atoms with Gasteiger partial charge < -0.3 is 5.32 Å². The van der Waals surface area contributed by atoms with Crippen LogP contribution < -0.4 is 5.32 Å². The van der Waals surface area contributed by atoms with Crippen LogP contribution in [0.1, 0.15) is 26.7 Å². The number of nitrogens with zero attached hydrogens (tertiary/aromatic N) is 4. The van der Waals surface area contributed by atoms with E-state index in [-0.39, 0.29) is 0 Å². The van der Waals surface area contributed by atoms with Crippen LogP contribution in [-0.2, 0) is 7.05 Å². The van der Waals surface area contributed by atoms with Crippen LogP contribution in [0.25, 0.3) is 0 Å². The average Bonchev–Trinajstić information content (AvgIpc) is 2.65. The SMILES string of the molecule is CCCNC(CC)CSc1nnnn1C. The van der Waals surface area contributed by atoms with Crippen LogP contribution in [0.3, 0.4) is 0 Å². The minimum atomic E-state index is 0.548. The van der Waals surface area contributed by atoms with Crippen LogP contribution in [0.5, 0.6) is 0 Å². The first kappa shape index (κ1) is 12.4. The summed E-state index contributed by atoms with van der Waals surface area (Å²) >= 11 is 1.70. The van der Waals surface area contributed by atoms with Crippen molar-refractivity contribution in [1.82, 2.24) is 25.5 Å². The molecule has 0 aliphatic rings. The first-order valence-electron chi connectivity index (χ1n) is 5.36. The fraction of sp³-hybridized carbons (Fsp3) is 0.889. The van der Waals surface area contributed by atoms with Crippen LogP contribution in [0.15, 0.2) is 5.16 Å². The number of rotatable bonds is 7. The van der Waals surface area contributed by atoms with Gasteiger partial charge in [0.25, 0.3) is 0 Å². The summed E-state index contributed by atoms with van der Waals surface area (Å²) in [5.74, 6) is 1.02. The third-order valence-electron chi connectivity index (χ3n) is 2.17. The molecule has 0 bridgehead atoms. The van der Waals surface area contributed by atoms with Crippen LogP contribution >= 0.6 is 11.8 Å². The first-order valence-corrected chi connectivity index (χ1v) is 6.35. The van der Waals surface area contributed by atoms with Crippen molar-refractivity contribution in [1.29, 1.82) is 0 Å². The molecule has 0 radical (unpaired) electrons. The van der Waals surface area contributed by atoms with Gasteiger partial charge in [-0.15, -0.1) is 5.10 Å². The molecule has 1 unspecified atom stereocenters. The Morgan fingerprint density at radius 1 is 1.47 bits per heavy atom. The normalized spacial score (nSPS) is 13.0. The summed E-state index contributed by atoms with van der Waals surface area (Å²) in [6.07, 6.45) is 2.31. The lowest BCUT2D eigenvalue weighted by atomic mass is 10.2. The zero-order valence-electron chi connectivity index (χ0n) is 9.60. The van der Waals surface area contributed by atoms with Gasteiger partial charge in [0, 0.05) is 18.8 Å². The lowest BCUT2D eigenvalue weighted by molar-refractivity contribution is 0.538. The molecule has 0 saturated heterocycles. The fourth-order valence-corrected chi connectivity index (χ4v) is 2.21. The highest BCUT2D eigenvalue weighted by Crippen LogP contribution is 2.14. The average molecular weight is 229 g/mol. The second-order valence-electron chi connectivity index (χ2n) is 3.46. The Morgan fingerprint density at radius 2 is 2.27 bits per heavy atom. The molecule has 0 aromatic carbocycles. The van der Waals surface area contributed by atoms with Gasteiger partial charge in [-0.25, -0.2) is 4.68 Å². The van der Waals surface area contributed by atoms with Gasteiger partial charge in [0.1, 0.15) is 0 Å². The maximum absolute atomic E-state index is 3.94. The maximum Gasteiger partial charge on any atom is 0.209 e. The number of aromatic nitrogens is 4. The largest absolute Gasteiger partial charge is 0.313 e. The van der Waals surface area contributed by atoms with Gasteiger partial charge in [0.15, 0.2) is 0 Å². The molecular formula is C9H19N5S. The van der Waals surface area contributed by atoms with Crippen molar-refractivity contribution < 1.29 is 0 Å². The highest BCUT2D eigenvalue weighted by molar-refractivity contribution is 7.99. The molecule has 0 fully saturated rings. The Morgan fingerprint density at radius 3 is 2.80 bits per heavy atom. The van der Waals surface area contributed by atoms with Gasteiger partial charge in [0.2, 0.25) is 5.16 Å². The molecule has 0 aliphatic carbocycles. The Hall–Kier alpha value is -0.620. The predicted molar refractivity (Wildman–Crippen MR) is 61.9 cm³/mol. The number of hydrogen-bond acceptors (Lipinski definition) is 5. The molecule has 0 aliphatic heterocycles. The molecule has 1 heterocycles. The molecule has 1 aromatic heterocycles. The van der Waals surface area contributed by atoms with E-state index in [1.807, 2.05) is 7.05 Å². The molecule has 0 saturated carbocycles. The summed E-state index contributed by atoms with van der Waals surface area (Å²) in [5.41, 5.74) is 0. The summed E-state index contributed by atoms with van der Waals surface area (Å²) in [5, 5.41) is 15.7. The molecule has 5 nitrogen and oxygen atoms in total. The summed E-state index contributed by atoms with van der Waals surface area (Å²) < 4.78 is 1.71. The highest BCUT2D eigenvalue weighted by Gasteiger charge is 2.08. The Balaban J connectivity index is 2.31.